The fourth-order valence-corrected chi connectivity index (χ4v) is 3.02. The highest BCUT2D eigenvalue weighted by molar-refractivity contribution is 7.80. The molecule has 0 unspecified atom stereocenters. The van der Waals surface area contributed by atoms with Gasteiger partial charge in [-0.15, -0.1) is 15.0 Å². The number of ether oxygens (including phenoxy) is 2. The van der Waals surface area contributed by atoms with E-state index < -0.39 is 5.97 Å². The van der Waals surface area contributed by atoms with E-state index in [0.717, 1.165) is 16.5 Å². The van der Waals surface area contributed by atoms with E-state index in [1.54, 1.807) is 30.3 Å². The molecule has 3 aromatic carbocycles. The van der Waals surface area contributed by atoms with E-state index in [0.29, 0.717) is 34.6 Å². The van der Waals surface area contributed by atoms with Crippen LogP contribution < -0.4 is 4.74 Å². The molecule has 1 heterocycles. The first-order chi connectivity index (χ1) is 13.6. The maximum absolute atomic E-state index is 11.7. The maximum atomic E-state index is 11.7. The monoisotopic (exact) mass is 395 g/mol. The van der Waals surface area contributed by atoms with Crippen LogP contribution in [-0.4, -0.2) is 45.5 Å². The van der Waals surface area contributed by atoms with Crippen LogP contribution in [0.5, 0.6) is 11.5 Å². The third-order valence-electron chi connectivity index (χ3n) is 4.28. The number of phenols is 1. The van der Waals surface area contributed by atoms with Crippen molar-refractivity contribution in [3.05, 3.63) is 54.1 Å². The van der Waals surface area contributed by atoms with Gasteiger partial charge in [-0.1, -0.05) is 6.07 Å². The molecule has 0 spiro atoms. The molecule has 142 valence electrons. The number of phenolic OH excluding ortho intramolecular Hbond substituents is 1. The van der Waals surface area contributed by atoms with Crippen LogP contribution in [0.15, 0.2) is 48.5 Å². The zero-order chi connectivity index (χ0) is 19.7. The molecule has 4 aromatic rings. The molecule has 0 amide bonds. The fraction of sp³-hybridized carbons (Fsp3) is 0.150. The number of hydrogen-bond donors (Lipinski definition) is 2. The van der Waals surface area contributed by atoms with Crippen LogP contribution in [0.1, 0.15) is 10.4 Å². The van der Waals surface area contributed by atoms with Crippen LogP contribution in [0.25, 0.3) is 27.5 Å². The molecular weight excluding hydrogens is 378 g/mol. The van der Waals surface area contributed by atoms with E-state index in [-0.39, 0.29) is 5.75 Å². The Hall–Kier alpha value is -3.26. The lowest BCUT2D eigenvalue weighted by molar-refractivity contribution is 0.0601. The largest absolute Gasteiger partial charge is 0.506 e. The molecule has 1 aromatic heterocycles. The Balaban J connectivity index is 1.78. The summed E-state index contributed by atoms with van der Waals surface area (Å²) >= 11 is 4.15. The number of methoxy groups -OCH3 is 1. The zero-order valence-corrected chi connectivity index (χ0v) is 15.9. The van der Waals surface area contributed by atoms with Gasteiger partial charge in [-0.3, -0.25) is 0 Å². The Kier molecular flexibility index (Phi) is 4.79. The number of fused-ring (bicyclic) bond motifs is 2. The third-order valence-corrected chi connectivity index (χ3v) is 4.46. The lowest BCUT2D eigenvalue weighted by Crippen LogP contribution is -2.00. The topological polar surface area (TPSA) is 86.5 Å². The molecule has 0 aliphatic carbocycles. The van der Waals surface area contributed by atoms with Crippen LogP contribution in [0, 0.1) is 0 Å². The summed E-state index contributed by atoms with van der Waals surface area (Å²) in [5.41, 5.74) is 1.93. The predicted octanol–water partition coefficient (Wildman–Crippen LogP) is 3.37. The first-order valence-electron chi connectivity index (χ1n) is 8.55. The van der Waals surface area contributed by atoms with Gasteiger partial charge in [0.15, 0.2) is 0 Å². The summed E-state index contributed by atoms with van der Waals surface area (Å²) in [5, 5.41) is 21.0. The first kappa shape index (κ1) is 18.1. The number of esters is 1. The maximum Gasteiger partial charge on any atom is 0.337 e. The number of aromatic hydroxyl groups is 1. The average Bonchev–Trinajstić information content (AvgIpc) is 3.14. The molecule has 0 aliphatic heterocycles. The molecule has 28 heavy (non-hydrogen) atoms. The SMILES string of the molecule is COC(=O)c1ccc2nn(-c3cc4cc(OCCS)ccc4cc3O)nc2c1. The lowest BCUT2D eigenvalue weighted by atomic mass is 10.1. The molecule has 1 N–H and O–H groups in total. The van der Waals surface area contributed by atoms with Crippen LogP contribution >= 0.6 is 12.6 Å². The minimum atomic E-state index is -0.446. The van der Waals surface area contributed by atoms with Crippen molar-refractivity contribution in [1.29, 1.82) is 0 Å². The first-order valence-corrected chi connectivity index (χ1v) is 9.18. The minimum Gasteiger partial charge on any atom is -0.506 e. The molecule has 0 radical (unpaired) electrons. The summed E-state index contributed by atoms with van der Waals surface area (Å²) in [6.45, 7) is 0.508. The van der Waals surface area contributed by atoms with Gasteiger partial charge in [0, 0.05) is 5.75 Å². The summed E-state index contributed by atoms with van der Waals surface area (Å²) in [6.07, 6.45) is 0. The number of carbonyl (C=O) groups is 1. The van der Waals surface area contributed by atoms with Gasteiger partial charge in [0.25, 0.3) is 0 Å². The van der Waals surface area contributed by atoms with E-state index in [1.807, 2.05) is 18.2 Å². The summed E-state index contributed by atoms with van der Waals surface area (Å²) in [5.74, 6) is 0.944. The summed E-state index contributed by atoms with van der Waals surface area (Å²) in [6, 6.07) is 14.0. The molecule has 4 rings (SSSR count). The second kappa shape index (κ2) is 7.40. The van der Waals surface area contributed by atoms with E-state index in [2.05, 4.69) is 22.8 Å². The van der Waals surface area contributed by atoms with Gasteiger partial charge in [-0.25, -0.2) is 4.79 Å². The molecule has 8 heteroatoms. The number of hydrogen-bond acceptors (Lipinski definition) is 7. The summed E-state index contributed by atoms with van der Waals surface area (Å²) in [7, 11) is 1.32. The third kappa shape index (κ3) is 3.34. The molecule has 0 saturated heterocycles. The Morgan fingerprint density at radius 3 is 2.68 bits per heavy atom. The van der Waals surface area contributed by atoms with Gasteiger partial charge < -0.3 is 14.6 Å². The highest BCUT2D eigenvalue weighted by Gasteiger charge is 2.13. The smallest absolute Gasteiger partial charge is 0.337 e. The minimum absolute atomic E-state index is 0.0463. The van der Waals surface area contributed by atoms with Crippen molar-refractivity contribution in [2.24, 2.45) is 0 Å². The van der Waals surface area contributed by atoms with E-state index in [9.17, 15) is 9.90 Å². The molecular formula is C20H17N3O4S. The van der Waals surface area contributed by atoms with Gasteiger partial charge in [-0.2, -0.15) is 12.6 Å². The van der Waals surface area contributed by atoms with Crippen LogP contribution in [0.4, 0.5) is 0 Å². The number of benzene rings is 3. The predicted molar refractivity (Wildman–Crippen MR) is 109 cm³/mol. The van der Waals surface area contributed by atoms with Gasteiger partial charge in [0.2, 0.25) is 0 Å². The number of aromatic nitrogens is 3. The second-order valence-corrected chi connectivity index (χ2v) is 6.55. The Morgan fingerprint density at radius 2 is 1.89 bits per heavy atom. The van der Waals surface area contributed by atoms with Gasteiger partial charge in [0.05, 0.1) is 19.3 Å². The summed E-state index contributed by atoms with van der Waals surface area (Å²) < 4.78 is 10.3. The standard InChI is InChI=1S/C20H17N3O4S/c1-26-20(25)13-3-5-16-17(9-13)22-23(21-16)18-10-14-8-15(27-6-7-28)4-2-12(14)11-19(18)24/h2-5,8-11,24,28H,6-7H2,1H3. The van der Waals surface area contributed by atoms with Crippen molar-refractivity contribution in [2.75, 3.05) is 19.5 Å². The molecule has 7 nitrogen and oxygen atoms in total. The van der Waals surface area contributed by atoms with Crippen LogP contribution in [-0.2, 0) is 4.74 Å². The zero-order valence-electron chi connectivity index (χ0n) is 15.0. The molecule has 0 aliphatic rings. The molecule has 0 fully saturated rings. The lowest BCUT2D eigenvalue weighted by Gasteiger charge is -2.08. The van der Waals surface area contributed by atoms with Gasteiger partial charge in [0.1, 0.15) is 28.2 Å². The number of nitrogens with zero attached hydrogens (tertiary/aromatic N) is 3. The van der Waals surface area contributed by atoms with Crippen LogP contribution in [0.3, 0.4) is 0 Å². The van der Waals surface area contributed by atoms with Crippen molar-refractivity contribution in [3.8, 4) is 17.2 Å². The van der Waals surface area contributed by atoms with E-state index >= 15 is 0 Å². The fourth-order valence-electron chi connectivity index (χ4n) is 2.93. The van der Waals surface area contributed by atoms with Crippen LogP contribution in [0.2, 0.25) is 0 Å². The molecule has 0 atom stereocenters. The van der Waals surface area contributed by atoms with E-state index in [4.69, 9.17) is 9.47 Å². The average molecular weight is 395 g/mol. The summed E-state index contributed by atoms with van der Waals surface area (Å²) in [4.78, 5) is 13.1. The van der Waals surface area contributed by atoms with Crippen molar-refractivity contribution in [2.45, 2.75) is 0 Å². The Bertz CT molecular complexity index is 1190. The second-order valence-electron chi connectivity index (χ2n) is 6.11. The Labute approximate surface area is 165 Å². The van der Waals surface area contributed by atoms with Gasteiger partial charge in [-0.05, 0) is 53.2 Å². The number of rotatable bonds is 5. The van der Waals surface area contributed by atoms with Crippen molar-refractivity contribution in [3.63, 3.8) is 0 Å². The highest BCUT2D eigenvalue weighted by atomic mass is 32.1. The van der Waals surface area contributed by atoms with Gasteiger partial charge >= 0.3 is 5.97 Å². The quantitative estimate of drug-likeness (QED) is 0.398. The van der Waals surface area contributed by atoms with Crippen molar-refractivity contribution in [1.82, 2.24) is 15.0 Å². The molecule has 0 bridgehead atoms. The van der Waals surface area contributed by atoms with Crippen molar-refractivity contribution >= 4 is 40.4 Å². The van der Waals surface area contributed by atoms with E-state index in [1.165, 1.54) is 11.9 Å². The Morgan fingerprint density at radius 1 is 1.07 bits per heavy atom. The normalized spacial score (nSPS) is 11.1. The number of thiol groups is 1. The molecule has 0 saturated carbocycles. The highest BCUT2D eigenvalue weighted by Crippen LogP contribution is 2.30. The number of carbonyl (C=O) groups excluding carboxylic acids is 1. The van der Waals surface area contributed by atoms with Crippen molar-refractivity contribution < 1.29 is 19.4 Å².